The van der Waals surface area contributed by atoms with Gasteiger partial charge in [-0.25, -0.2) is 15.0 Å². The normalized spacial score (nSPS) is 10.4. The van der Waals surface area contributed by atoms with Crippen LogP contribution in [0.1, 0.15) is 17.2 Å². The highest BCUT2D eigenvalue weighted by Crippen LogP contribution is 2.07. The van der Waals surface area contributed by atoms with E-state index >= 15 is 0 Å². The highest BCUT2D eigenvalue weighted by atomic mass is 15.2. The summed E-state index contributed by atoms with van der Waals surface area (Å²) < 4.78 is 1.96. The van der Waals surface area contributed by atoms with Gasteiger partial charge >= 0.3 is 0 Å². The molecular weight excluding hydrogens is 202 g/mol. The average molecular weight is 217 g/mol. The van der Waals surface area contributed by atoms with Crippen molar-refractivity contribution in [2.75, 3.05) is 5.32 Å². The van der Waals surface area contributed by atoms with E-state index in [1.807, 2.05) is 37.7 Å². The molecule has 0 aliphatic carbocycles. The molecular formula is C11H15N5. The third-order valence-corrected chi connectivity index (χ3v) is 2.26. The van der Waals surface area contributed by atoms with Gasteiger partial charge in [-0.3, -0.25) is 0 Å². The van der Waals surface area contributed by atoms with Gasteiger partial charge in [-0.2, -0.15) is 0 Å². The Kier molecular flexibility index (Phi) is 2.85. The molecule has 0 spiro atoms. The lowest BCUT2D eigenvalue weighted by molar-refractivity contribution is 0.882. The third-order valence-electron chi connectivity index (χ3n) is 2.26. The fraction of sp³-hybridized carbons (Fsp3) is 0.364. The quantitative estimate of drug-likeness (QED) is 0.845. The smallest absolute Gasteiger partial charge is 0.203 e. The van der Waals surface area contributed by atoms with Crippen LogP contribution in [0.4, 0.5) is 5.95 Å². The van der Waals surface area contributed by atoms with Crippen molar-refractivity contribution < 1.29 is 0 Å². The summed E-state index contributed by atoms with van der Waals surface area (Å²) in [5, 5.41) is 3.24. The van der Waals surface area contributed by atoms with Crippen LogP contribution in [0, 0.1) is 13.8 Å². The molecule has 5 nitrogen and oxygen atoms in total. The number of rotatable bonds is 3. The fourth-order valence-corrected chi connectivity index (χ4v) is 1.55. The predicted octanol–water partition coefficient (Wildman–Crippen LogP) is 1.44. The molecule has 84 valence electrons. The Bertz CT molecular complexity index is 489. The molecule has 0 aromatic carbocycles. The monoisotopic (exact) mass is 217 g/mol. The van der Waals surface area contributed by atoms with Crippen molar-refractivity contribution in [1.29, 1.82) is 0 Å². The van der Waals surface area contributed by atoms with E-state index in [0.717, 1.165) is 23.2 Å². The van der Waals surface area contributed by atoms with E-state index in [9.17, 15) is 0 Å². The summed E-state index contributed by atoms with van der Waals surface area (Å²) in [7, 11) is 1.97. The van der Waals surface area contributed by atoms with Crippen LogP contribution >= 0.6 is 0 Å². The zero-order valence-corrected chi connectivity index (χ0v) is 9.73. The summed E-state index contributed by atoms with van der Waals surface area (Å²) >= 11 is 0. The zero-order chi connectivity index (χ0) is 11.5. The molecule has 0 atom stereocenters. The van der Waals surface area contributed by atoms with Crippen LogP contribution in [0.2, 0.25) is 0 Å². The lowest BCUT2D eigenvalue weighted by atomic mass is 10.4. The van der Waals surface area contributed by atoms with E-state index in [-0.39, 0.29) is 0 Å². The van der Waals surface area contributed by atoms with E-state index < -0.39 is 0 Å². The van der Waals surface area contributed by atoms with Crippen LogP contribution < -0.4 is 5.32 Å². The molecule has 0 saturated heterocycles. The number of aryl methyl sites for hydroxylation is 3. The van der Waals surface area contributed by atoms with E-state index in [4.69, 9.17) is 0 Å². The Hall–Kier alpha value is -1.91. The van der Waals surface area contributed by atoms with E-state index in [1.54, 1.807) is 6.20 Å². The summed E-state index contributed by atoms with van der Waals surface area (Å²) in [5.41, 5.74) is 1.97. The first-order chi connectivity index (χ1) is 7.65. The van der Waals surface area contributed by atoms with Crippen molar-refractivity contribution in [2.24, 2.45) is 7.05 Å². The van der Waals surface area contributed by atoms with Crippen LogP contribution in [0.15, 0.2) is 18.5 Å². The standard InChI is InChI=1S/C11H15N5/c1-8-7-16(3)11(14-8)13-6-10-4-5-12-9(2)15-10/h4-5,7H,6H2,1-3H3,(H,13,14). The molecule has 0 aliphatic rings. The summed E-state index contributed by atoms with van der Waals surface area (Å²) in [5.74, 6) is 1.64. The maximum absolute atomic E-state index is 4.36. The molecule has 0 radical (unpaired) electrons. The number of aromatic nitrogens is 4. The van der Waals surface area contributed by atoms with Crippen LogP contribution in [-0.4, -0.2) is 19.5 Å². The molecule has 0 saturated carbocycles. The van der Waals surface area contributed by atoms with Crippen LogP contribution in [-0.2, 0) is 13.6 Å². The molecule has 2 aromatic rings. The van der Waals surface area contributed by atoms with Gasteiger partial charge < -0.3 is 9.88 Å². The number of nitrogens with zero attached hydrogens (tertiary/aromatic N) is 4. The predicted molar refractivity (Wildman–Crippen MR) is 62.0 cm³/mol. The molecule has 16 heavy (non-hydrogen) atoms. The molecule has 0 amide bonds. The molecule has 5 heteroatoms. The third kappa shape index (κ3) is 2.36. The minimum Gasteiger partial charge on any atom is -0.350 e. The van der Waals surface area contributed by atoms with Gasteiger partial charge in [-0.1, -0.05) is 0 Å². The number of hydrogen-bond acceptors (Lipinski definition) is 4. The summed E-state index contributed by atoms with van der Waals surface area (Å²) in [6.07, 6.45) is 3.75. The molecule has 2 heterocycles. The summed E-state index contributed by atoms with van der Waals surface area (Å²) in [6, 6.07) is 1.90. The van der Waals surface area contributed by atoms with Gasteiger partial charge in [0.1, 0.15) is 5.82 Å². The SMILES string of the molecule is Cc1cn(C)c(NCc2ccnc(C)n2)n1. The average Bonchev–Trinajstić information content (AvgIpc) is 2.54. The van der Waals surface area contributed by atoms with Gasteiger partial charge in [-0.05, 0) is 19.9 Å². The molecule has 2 rings (SSSR count). The minimum atomic E-state index is 0.660. The molecule has 0 fully saturated rings. The first-order valence-electron chi connectivity index (χ1n) is 5.17. The van der Waals surface area contributed by atoms with Gasteiger partial charge in [0.05, 0.1) is 17.9 Å². The van der Waals surface area contributed by atoms with Crippen LogP contribution in [0.3, 0.4) is 0 Å². The lowest BCUT2D eigenvalue weighted by Crippen LogP contribution is -2.06. The van der Waals surface area contributed by atoms with Crippen LogP contribution in [0.5, 0.6) is 0 Å². The van der Waals surface area contributed by atoms with Crippen molar-refractivity contribution >= 4 is 5.95 Å². The first-order valence-corrected chi connectivity index (χ1v) is 5.17. The summed E-state index contributed by atoms with van der Waals surface area (Å²) in [6.45, 7) is 4.52. The van der Waals surface area contributed by atoms with Gasteiger partial charge in [-0.15, -0.1) is 0 Å². The maximum atomic E-state index is 4.36. The first kappa shape index (κ1) is 10.6. The van der Waals surface area contributed by atoms with Crippen molar-refractivity contribution in [3.8, 4) is 0 Å². The lowest BCUT2D eigenvalue weighted by Gasteiger charge is -2.05. The van der Waals surface area contributed by atoms with Gasteiger partial charge in [0, 0.05) is 19.4 Å². The minimum absolute atomic E-state index is 0.660. The number of anilines is 1. The van der Waals surface area contributed by atoms with Gasteiger partial charge in [0.15, 0.2) is 0 Å². The Morgan fingerprint density at radius 2 is 2.12 bits per heavy atom. The van der Waals surface area contributed by atoms with Gasteiger partial charge in [0.2, 0.25) is 5.95 Å². The Morgan fingerprint density at radius 1 is 1.31 bits per heavy atom. The molecule has 0 unspecified atom stereocenters. The topological polar surface area (TPSA) is 55.6 Å². The highest BCUT2D eigenvalue weighted by Gasteiger charge is 2.02. The number of hydrogen-bond donors (Lipinski definition) is 1. The van der Waals surface area contributed by atoms with Crippen molar-refractivity contribution in [3.63, 3.8) is 0 Å². The van der Waals surface area contributed by atoms with E-state index in [1.165, 1.54) is 0 Å². The Labute approximate surface area is 94.6 Å². The Morgan fingerprint density at radius 3 is 2.75 bits per heavy atom. The summed E-state index contributed by atoms with van der Waals surface area (Å²) in [4.78, 5) is 12.7. The Balaban J connectivity index is 2.05. The van der Waals surface area contributed by atoms with Gasteiger partial charge in [0.25, 0.3) is 0 Å². The van der Waals surface area contributed by atoms with E-state index in [0.29, 0.717) is 6.54 Å². The fourth-order valence-electron chi connectivity index (χ4n) is 1.55. The van der Waals surface area contributed by atoms with Crippen LogP contribution in [0.25, 0.3) is 0 Å². The van der Waals surface area contributed by atoms with Crippen molar-refractivity contribution in [1.82, 2.24) is 19.5 Å². The second-order valence-electron chi connectivity index (χ2n) is 3.77. The molecule has 2 aromatic heterocycles. The molecule has 0 bridgehead atoms. The van der Waals surface area contributed by atoms with Crippen molar-refractivity contribution in [3.05, 3.63) is 35.7 Å². The largest absolute Gasteiger partial charge is 0.350 e. The highest BCUT2D eigenvalue weighted by molar-refractivity contribution is 5.29. The maximum Gasteiger partial charge on any atom is 0.203 e. The number of imidazole rings is 1. The second-order valence-corrected chi connectivity index (χ2v) is 3.77. The zero-order valence-electron chi connectivity index (χ0n) is 9.73. The number of nitrogens with one attached hydrogen (secondary N) is 1. The second kappa shape index (κ2) is 4.30. The molecule has 0 aliphatic heterocycles. The van der Waals surface area contributed by atoms with Crippen molar-refractivity contribution in [2.45, 2.75) is 20.4 Å². The molecule has 1 N–H and O–H groups in total. The van der Waals surface area contributed by atoms with E-state index in [2.05, 4.69) is 20.3 Å².